The Labute approximate surface area is 153 Å². The summed E-state index contributed by atoms with van der Waals surface area (Å²) in [6.07, 6.45) is 7.04. The predicted octanol–water partition coefficient (Wildman–Crippen LogP) is 4.04. The molecule has 0 spiro atoms. The van der Waals surface area contributed by atoms with Gasteiger partial charge in [0.05, 0.1) is 5.69 Å². The van der Waals surface area contributed by atoms with Gasteiger partial charge in [0.2, 0.25) is 11.8 Å². The van der Waals surface area contributed by atoms with Crippen molar-refractivity contribution in [2.24, 2.45) is 29.1 Å². The van der Waals surface area contributed by atoms with Gasteiger partial charge in [0, 0.05) is 10.8 Å². The largest absolute Gasteiger partial charge is 0.344 e. The van der Waals surface area contributed by atoms with Gasteiger partial charge in [-0.25, -0.2) is 0 Å². The standard InChI is InChI=1S/C20H28N2O2S/c1-12(2)17(18(23)21-16-3-4-25-11-16)22-19(24)20-8-13-5-14(9-20)7-15(6-13)10-20/h3-4,11-15,17H,5-10H2,1-2H3,(H,21,23)(H,22,24). The molecule has 4 aliphatic rings. The molecule has 1 aromatic rings. The molecule has 2 amide bonds. The summed E-state index contributed by atoms with van der Waals surface area (Å²) in [7, 11) is 0. The van der Waals surface area contributed by atoms with Crippen molar-refractivity contribution in [2.45, 2.75) is 58.4 Å². The molecule has 4 aliphatic carbocycles. The third-order valence-corrected chi connectivity index (χ3v) is 7.23. The van der Waals surface area contributed by atoms with E-state index in [4.69, 9.17) is 0 Å². The van der Waals surface area contributed by atoms with E-state index in [0.29, 0.717) is 0 Å². The van der Waals surface area contributed by atoms with Crippen LogP contribution in [-0.4, -0.2) is 17.9 Å². The third-order valence-electron chi connectivity index (χ3n) is 6.54. The lowest BCUT2D eigenvalue weighted by Gasteiger charge is -2.55. The van der Waals surface area contributed by atoms with E-state index in [0.717, 1.165) is 42.7 Å². The normalized spacial score (nSPS) is 34.1. The smallest absolute Gasteiger partial charge is 0.247 e. The van der Waals surface area contributed by atoms with Crippen LogP contribution in [-0.2, 0) is 9.59 Å². The van der Waals surface area contributed by atoms with Crippen LogP contribution in [0.2, 0.25) is 0 Å². The van der Waals surface area contributed by atoms with Gasteiger partial charge in [0.1, 0.15) is 6.04 Å². The lowest BCUT2D eigenvalue weighted by molar-refractivity contribution is -0.148. The number of hydrogen-bond donors (Lipinski definition) is 2. The molecular weight excluding hydrogens is 332 g/mol. The quantitative estimate of drug-likeness (QED) is 0.832. The van der Waals surface area contributed by atoms with Crippen molar-refractivity contribution < 1.29 is 9.59 Å². The minimum atomic E-state index is -0.472. The zero-order valence-electron chi connectivity index (χ0n) is 15.1. The summed E-state index contributed by atoms with van der Waals surface area (Å²) in [5, 5.41) is 9.93. The second-order valence-electron chi connectivity index (χ2n) is 8.89. The fourth-order valence-electron chi connectivity index (χ4n) is 5.77. The van der Waals surface area contributed by atoms with Gasteiger partial charge >= 0.3 is 0 Å². The average Bonchev–Trinajstić information content (AvgIpc) is 3.03. The molecule has 0 aliphatic heterocycles. The summed E-state index contributed by atoms with van der Waals surface area (Å²) >= 11 is 1.55. The van der Waals surface area contributed by atoms with Crippen LogP contribution in [0.15, 0.2) is 16.8 Å². The van der Waals surface area contributed by atoms with Gasteiger partial charge in [0.15, 0.2) is 0 Å². The number of amides is 2. The van der Waals surface area contributed by atoms with Gasteiger partial charge in [-0.05, 0) is 73.6 Å². The van der Waals surface area contributed by atoms with Gasteiger partial charge in [-0.1, -0.05) is 13.8 Å². The molecule has 1 aromatic heterocycles. The van der Waals surface area contributed by atoms with Crippen molar-refractivity contribution in [3.8, 4) is 0 Å². The number of hydrogen-bond acceptors (Lipinski definition) is 3. The Morgan fingerprint density at radius 3 is 2.20 bits per heavy atom. The van der Waals surface area contributed by atoms with Crippen molar-refractivity contribution in [1.82, 2.24) is 5.32 Å². The Morgan fingerprint density at radius 1 is 1.12 bits per heavy atom. The Bertz CT molecular complexity index is 617. The van der Waals surface area contributed by atoms with Crippen molar-refractivity contribution in [3.63, 3.8) is 0 Å². The van der Waals surface area contributed by atoms with E-state index in [9.17, 15) is 9.59 Å². The molecule has 1 heterocycles. The number of carbonyl (C=O) groups is 2. The summed E-state index contributed by atoms with van der Waals surface area (Å²) in [4.78, 5) is 25.9. The van der Waals surface area contributed by atoms with Crippen LogP contribution >= 0.6 is 11.3 Å². The summed E-state index contributed by atoms with van der Waals surface area (Å²) in [6.45, 7) is 4.00. The zero-order valence-corrected chi connectivity index (χ0v) is 15.9. The van der Waals surface area contributed by atoms with Gasteiger partial charge in [0.25, 0.3) is 0 Å². The van der Waals surface area contributed by atoms with Crippen LogP contribution in [0.3, 0.4) is 0 Å². The van der Waals surface area contributed by atoms with Crippen LogP contribution in [0.25, 0.3) is 0 Å². The molecule has 4 bridgehead atoms. The molecule has 0 saturated heterocycles. The van der Waals surface area contributed by atoms with Crippen molar-refractivity contribution in [3.05, 3.63) is 16.8 Å². The maximum atomic E-state index is 13.2. The minimum Gasteiger partial charge on any atom is -0.344 e. The first kappa shape index (κ1) is 17.1. The molecule has 1 atom stereocenters. The number of thiophene rings is 1. The summed E-state index contributed by atoms with van der Waals surface area (Å²) in [5.41, 5.74) is 0.606. The van der Waals surface area contributed by atoms with E-state index >= 15 is 0 Å². The van der Waals surface area contributed by atoms with Crippen molar-refractivity contribution in [2.75, 3.05) is 5.32 Å². The van der Waals surface area contributed by atoms with E-state index in [1.54, 1.807) is 11.3 Å². The fraction of sp³-hybridized carbons (Fsp3) is 0.700. The van der Waals surface area contributed by atoms with Crippen molar-refractivity contribution >= 4 is 28.8 Å². The molecule has 4 saturated carbocycles. The van der Waals surface area contributed by atoms with Crippen molar-refractivity contribution in [1.29, 1.82) is 0 Å². The molecule has 2 N–H and O–H groups in total. The lowest BCUT2D eigenvalue weighted by Crippen LogP contribution is -2.57. The fourth-order valence-corrected chi connectivity index (χ4v) is 6.36. The molecule has 5 rings (SSSR count). The Balaban J connectivity index is 1.47. The van der Waals surface area contributed by atoms with Gasteiger partial charge in [-0.3, -0.25) is 9.59 Å². The van der Waals surface area contributed by atoms with Crippen LogP contribution in [0.4, 0.5) is 5.69 Å². The summed E-state index contributed by atoms with van der Waals surface area (Å²) in [5.74, 6) is 2.28. The zero-order chi connectivity index (χ0) is 17.6. The van der Waals surface area contributed by atoms with E-state index in [1.807, 2.05) is 30.7 Å². The number of anilines is 1. The third kappa shape index (κ3) is 3.23. The molecule has 0 aromatic carbocycles. The summed E-state index contributed by atoms with van der Waals surface area (Å²) in [6, 6.07) is 1.42. The van der Waals surface area contributed by atoms with Crippen LogP contribution < -0.4 is 10.6 Å². The highest BCUT2D eigenvalue weighted by Crippen LogP contribution is 2.60. The van der Waals surface area contributed by atoms with E-state index < -0.39 is 6.04 Å². The van der Waals surface area contributed by atoms with Crippen LogP contribution in [0.1, 0.15) is 52.4 Å². The highest BCUT2D eigenvalue weighted by molar-refractivity contribution is 7.08. The number of carbonyl (C=O) groups excluding carboxylic acids is 2. The van der Waals surface area contributed by atoms with Gasteiger partial charge in [-0.15, -0.1) is 0 Å². The van der Waals surface area contributed by atoms with Gasteiger partial charge in [-0.2, -0.15) is 11.3 Å². The minimum absolute atomic E-state index is 0.0662. The van der Waals surface area contributed by atoms with E-state index in [2.05, 4.69) is 10.6 Å². The number of rotatable bonds is 5. The first-order chi connectivity index (χ1) is 11.9. The SMILES string of the molecule is CC(C)C(NC(=O)C12CC3CC(CC(C3)C1)C2)C(=O)Nc1ccsc1. The van der Waals surface area contributed by atoms with Crippen LogP contribution in [0.5, 0.6) is 0 Å². The first-order valence-electron chi connectivity index (χ1n) is 9.59. The molecule has 25 heavy (non-hydrogen) atoms. The molecule has 5 heteroatoms. The molecule has 0 radical (unpaired) electrons. The first-order valence-corrected chi connectivity index (χ1v) is 10.5. The second-order valence-corrected chi connectivity index (χ2v) is 9.67. The number of nitrogens with one attached hydrogen (secondary N) is 2. The molecule has 4 nitrogen and oxygen atoms in total. The molecule has 1 unspecified atom stereocenters. The average molecular weight is 361 g/mol. The molecule has 4 fully saturated rings. The maximum absolute atomic E-state index is 13.2. The highest BCUT2D eigenvalue weighted by atomic mass is 32.1. The highest BCUT2D eigenvalue weighted by Gasteiger charge is 2.55. The summed E-state index contributed by atoms with van der Waals surface area (Å²) < 4.78 is 0. The Kier molecular flexibility index (Phi) is 4.38. The maximum Gasteiger partial charge on any atom is 0.247 e. The molecule has 136 valence electrons. The lowest BCUT2D eigenvalue weighted by atomic mass is 9.49. The second kappa shape index (κ2) is 6.42. The van der Waals surface area contributed by atoms with Crippen LogP contribution in [0, 0.1) is 29.1 Å². The van der Waals surface area contributed by atoms with E-state index in [-0.39, 0.29) is 23.1 Å². The Morgan fingerprint density at radius 2 is 1.72 bits per heavy atom. The monoisotopic (exact) mass is 360 g/mol. The molecular formula is C20H28N2O2S. The van der Waals surface area contributed by atoms with E-state index in [1.165, 1.54) is 19.3 Å². The predicted molar refractivity (Wildman–Crippen MR) is 100 cm³/mol. The van der Waals surface area contributed by atoms with Gasteiger partial charge < -0.3 is 10.6 Å². The topological polar surface area (TPSA) is 58.2 Å². The Hall–Kier alpha value is -1.36.